The summed E-state index contributed by atoms with van der Waals surface area (Å²) in [5.41, 5.74) is 3.84. The highest BCUT2D eigenvalue weighted by Crippen LogP contribution is 2.21. The average molecular weight is 241 g/mol. The minimum atomic E-state index is 0.0194. The molecule has 92 valence electrons. The van der Waals surface area contributed by atoms with Crippen molar-refractivity contribution >= 4 is 0 Å². The highest BCUT2D eigenvalue weighted by Gasteiger charge is 2.16. The van der Waals surface area contributed by atoms with Gasteiger partial charge >= 0.3 is 0 Å². The third kappa shape index (κ3) is 1.83. The first-order chi connectivity index (χ1) is 8.75. The summed E-state index contributed by atoms with van der Waals surface area (Å²) >= 11 is 0. The van der Waals surface area contributed by atoms with E-state index < -0.39 is 0 Å². The van der Waals surface area contributed by atoms with Gasteiger partial charge in [0.2, 0.25) is 0 Å². The number of H-pyrrole nitrogens is 1. The Bertz CT molecular complexity index is 646. The van der Waals surface area contributed by atoms with Gasteiger partial charge in [0, 0.05) is 23.5 Å². The number of hydrogen-bond acceptors (Lipinski definition) is 3. The lowest BCUT2D eigenvalue weighted by Gasteiger charge is -2.15. The smallest absolute Gasteiger partial charge is 0.254 e. The van der Waals surface area contributed by atoms with Gasteiger partial charge in [-0.1, -0.05) is 0 Å². The SMILES string of the molecule is Cc1cnccc1-c1nc2c(c(=O)[nH]1)CCCC2. The molecule has 1 aliphatic rings. The van der Waals surface area contributed by atoms with Gasteiger partial charge in [-0.3, -0.25) is 9.78 Å². The molecule has 1 aliphatic carbocycles. The molecule has 4 nitrogen and oxygen atoms in total. The van der Waals surface area contributed by atoms with Crippen LogP contribution in [0.1, 0.15) is 29.7 Å². The first-order valence-electron chi connectivity index (χ1n) is 6.29. The highest BCUT2D eigenvalue weighted by molar-refractivity contribution is 5.58. The van der Waals surface area contributed by atoms with Crippen LogP contribution in [0.25, 0.3) is 11.4 Å². The second-order valence-corrected chi connectivity index (χ2v) is 4.74. The zero-order valence-electron chi connectivity index (χ0n) is 10.4. The number of nitrogens with one attached hydrogen (secondary N) is 1. The fraction of sp³-hybridized carbons (Fsp3) is 0.357. The molecular weight excluding hydrogens is 226 g/mol. The van der Waals surface area contributed by atoms with Crippen molar-refractivity contribution in [3.05, 3.63) is 45.6 Å². The first-order valence-corrected chi connectivity index (χ1v) is 6.29. The van der Waals surface area contributed by atoms with Crippen molar-refractivity contribution in [2.45, 2.75) is 32.6 Å². The van der Waals surface area contributed by atoms with Crippen molar-refractivity contribution in [2.75, 3.05) is 0 Å². The summed E-state index contributed by atoms with van der Waals surface area (Å²) in [6, 6.07) is 1.89. The molecule has 0 amide bonds. The topological polar surface area (TPSA) is 58.6 Å². The van der Waals surface area contributed by atoms with Gasteiger partial charge in [-0.15, -0.1) is 0 Å². The minimum Gasteiger partial charge on any atom is -0.306 e. The molecule has 2 aromatic rings. The maximum atomic E-state index is 12.1. The Labute approximate surface area is 105 Å². The largest absolute Gasteiger partial charge is 0.306 e. The van der Waals surface area contributed by atoms with Crippen LogP contribution < -0.4 is 5.56 Å². The number of aromatic nitrogens is 3. The lowest BCUT2D eigenvalue weighted by atomic mass is 9.97. The van der Waals surface area contributed by atoms with Gasteiger partial charge < -0.3 is 4.98 Å². The van der Waals surface area contributed by atoms with Crippen LogP contribution in [0.4, 0.5) is 0 Å². The molecule has 2 heterocycles. The van der Waals surface area contributed by atoms with Crippen molar-refractivity contribution in [1.29, 1.82) is 0 Å². The number of rotatable bonds is 1. The fourth-order valence-electron chi connectivity index (χ4n) is 2.47. The molecule has 0 saturated carbocycles. The second kappa shape index (κ2) is 4.37. The lowest BCUT2D eigenvalue weighted by Crippen LogP contribution is -2.21. The standard InChI is InChI=1S/C14H15N3O/c1-9-8-15-7-6-10(9)13-16-12-5-3-2-4-11(12)14(18)17-13/h6-8H,2-5H2,1H3,(H,16,17,18). The molecule has 0 atom stereocenters. The Balaban J connectivity index is 2.17. The summed E-state index contributed by atoms with van der Waals surface area (Å²) in [5, 5.41) is 0. The molecule has 0 spiro atoms. The fourth-order valence-corrected chi connectivity index (χ4v) is 2.47. The predicted molar refractivity (Wildman–Crippen MR) is 69.5 cm³/mol. The molecular formula is C14H15N3O. The van der Waals surface area contributed by atoms with Crippen molar-refractivity contribution in [3.8, 4) is 11.4 Å². The lowest BCUT2D eigenvalue weighted by molar-refractivity contribution is 0.657. The number of nitrogens with zero attached hydrogens (tertiary/aromatic N) is 2. The summed E-state index contributed by atoms with van der Waals surface area (Å²) in [4.78, 5) is 23.6. The Hall–Kier alpha value is -1.97. The Morgan fingerprint density at radius 1 is 1.28 bits per heavy atom. The summed E-state index contributed by atoms with van der Waals surface area (Å²) in [5.74, 6) is 0.667. The van der Waals surface area contributed by atoms with E-state index in [1.165, 1.54) is 0 Å². The summed E-state index contributed by atoms with van der Waals surface area (Å²) < 4.78 is 0. The van der Waals surface area contributed by atoms with E-state index in [2.05, 4.69) is 15.0 Å². The summed E-state index contributed by atoms with van der Waals surface area (Å²) in [7, 11) is 0. The number of fused-ring (bicyclic) bond motifs is 1. The quantitative estimate of drug-likeness (QED) is 0.831. The number of aryl methyl sites for hydroxylation is 2. The van der Waals surface area contributed by atoms with E-state index in [1.54, 1.807) is 12.4 Å². The maximum absolute atomic E-state index is 12.1. The van der Waals surface area contributed by atoms with Crippen LogP contribution in [0.15, 0.2) is 23.3 Å². The molecule has 0 aromatic carbocycles. The monoisotopic (exact) mass is 241 g/mol. The van der Waals surface area contributed by atoms with Crippen molar-refractivity contribution in [1.82, 2.24) is 15.0 Å². The van der Waals surface area contributed by atoms with Crippen molar-refractivity contribution in [2.24, 2.45) is 0 Å². The number of aromatic amines is 1. The van der Waals surface area contributed by atoms with Crippen LogP contribution in [0.3, 0.4) is 0 Å². The molecule has 0 bridgehead atoms. The molecule has 18 heavy (non-hydrogen) atoms. The Morgan fingerprint density at radius 3 is 2.94 bits per heavy atom. The zero-order chi connectivity index (χ0) is 12.5. The van der Waals surface area contributed by atoms with Crippen molar-refractivity contribution in [3.63, 3.8) is 0 Å². The zero-order valence-corrected chi connectivity index (χ0v) is 10.4. The predicted octanol–water partition coefficient (Wildman–Crippen LogP) is 2.02. The second-order valence-electron chi connectivity index (χ2n) is 4.74. The third-order valence-corrected chi connectivity index (χ3v) is 3.47. The minimum absolute atomic E-state index is 0.0194. The molecule has 0 aliphatic heterocycles. The third-order valence-electron chi connectivity index (χ3n) is 3.47. The highest BCUT2D eigenvalue weighted by atomic mass is 16.1. The van der Waals surface area contributed by atoms with E-state index in [9.17, 15) is 4.79 Å². The molecule has 3 rings (SSSR count). The van der Waals surface area contributed by atoms with Gasteiger partial charge in [-0.2, -0.15) is 0 Å². The summed E-state index contributed by atoms with van der Waals surface area (Å²) in [6.45, 7) is 1.97. The Morgan fingerprint density at radius 2 is 2.11 bits per heavy atom. The van der Waals surface area contributed by atoms with Gasteiger partial charge in [0.25, 0.3) is 5.56 Å². The van der Waals surface area contributed by atoms with Crippen molar-refractivity contribution < 1.29 is 0 Å². The number of pyridine rings is 1. The van der Waals surface area contributed by atoms with Gasteiger partial charge in [-0.25, -0.2) is 4.98 Å². The van der Waals surface area contributed by atoms with E-state index >= 15 is 0 Å². The molecule has 0 radical (unpaired) electrons. The van der Waals surface area contributed by atoms with E-state index in [0.717, 1.165) is 48.1 Å². The first kappa shape index (κ1) is 11.1. The van der Waals surface area contributed by atoms with E-state index in [-0.39, 0.29) is 5.56 Å². The normalized spacial score (nSPS) is 14.3. The van der Waals surface area contributed by atoms with Crippen LogP contribution in [0.5, 0.6) is 0 Å². The van der Waals surface area contributed by atoms with E-state index in [1.807, 2.05) is 13.0 Å². The summed E-state index contributed by atoms with van der Waals surface area (Å²) in [6.07, 6.45) is 7.49. The number of hydrogen-bond donors (Lipinski definition) is 1. The van der Waals surface area contributed by atoms with Crippen LogP contribution in [-0.2, 0) is 12.8 Å². The average Bonchev–Trinajstić information content (AvgIpc) is 2.39. The van der Waals surface area contributed by atoms with Crippen LogP contribution in [0, 0.1) is 6.92 Å². The van der Waals surface area contributed by atoms with Gasteiger partial charge in [0.15, 0.2) is 0 Å². The van der Waals surface area contributed by atoms with E-state index in [4.69, 9.17) is 0 Å². The molecule has 0 fully saturated rings. The molecule has 1 N–H and O–H groups in total. The molecule has 0 saturated heterocycles. The van der Waals surface area contributed by atoms with Gasteiger partial charge in [0.1, 0.15) is 5.82 Å². The Kier molecular flexibility index (Phi) is 2.70. The maximum Gasteiger partial charge on any atom is 0.254 e. The van der Waals surface area contributed by atoms with Gasteiger partial charge in [0.05, 0.1) is 5.69 Å². The molecule has 2 aromatic heterocycles. The van der Waals surface area contributed by atoms with E-state index in [0.29, 0.717) is 5.82 Å². The van der Waals surface area contributed by atoms with Gasteiger partial charge in [-0.05, 0) is 44.2 Å². The van der Waals surface area contributed by atoms with Crippen LogP contribution in [0.2, 0.25) is 0 Å². The molecule has 0 unspecified atom stereocenters. The van der Waals surface area contributed by atoms with Crippen LogP contribution in [-0.4, -0.2) is 15.0 Å². The van der Waals surface area contributed by atoms with Crippen LogP contribution >= 0.6 is 0 Å². The molecule has 4 heteroatoms.